The average molecular weight is 239 g/mol. The van der Waals surface area contributed by atoms with Gasteiger partial charge in [-0.15, -0.1) is 11.8 Å². The lowest BCUT2D eigenvalue weighted by Crippen LogP contribution is -1.93. The van der Waals surface area contributed by atoms with Gasteiger partial charge in [0.2, 0.25) is 0 Å². The summed E-state index contributed by atoms with van der Waals surface area (Å²) < 4.78 is 0. The predicted octanol–water partition coefficient (Wildman–Crippen LogP) is 3.58. The van der Waals surface area contributed by atoms with Crippen LogP contribution in [-0.2, 0) is 0 Å². The molecule has 1 aromatic rings. The number of nitrogens with one attached hydrogen (secondary N) is 1. The van der Waals surface area contributed by atoms with Crippen LogP contribution in [0.5, 0.6) is 0 Å². The number of hydrogen-bond donors (Lipinski definition) is 1. The molecule has 0 bridgehead atoms. The number of thioether (sulfide) groups is 1. The van der Waals surface area contributed by atoms with Gasteiger partial charge in [-0.25, -0.2) is 9.97 Å². The molecule has 3 nitrogen and oxygen atoms in total. The minimum Gasteiger partial charge on any atom is -0.372 e. The van der Waals surface area contributed by atoms with Crippen LogP contribution >= 0.6 is 11.8 Å². The first kappa shape index (κ1) is 13.3. The Hall–Kier alpha value is -0.770. The van der Waals surface area contributed by atoms with E-state index in [-0.39, 0.29) is 0 Å². The highest BCUT2D eigenvalue weighted by Gasteiger charge is 1.97. The second-order valence-corrected chi connectivity index (χ2v) is 4.87. The number of hydrogen-bond acceptors (Lipinski definition) is 4. The van der Waals surface area contributed by atoms with E-state index in [2.05, 4.69) is 22.2 Å². The molecule has 1 rings (SSSR count). The third kappa shape index (κ3) is 5.35. The number of unbranched alkanes of at least 4 members (excludes halogenated alkanes) is 4. The van der Waals surface area contributed by atoms with Crippen molar-refractivity contribution in [3.63, 3.8) is 0 Å². The number of aromatic nitrogens is 2. The number of rotatable bonds is 8. The summed E-state index contributed by atoms with van der Waals surface area (Å²) in [4.78, 5) is 8.55. The van der Waals surface area contributed by atoms with E-state index in [0.29, 0.717) is 0 Å². The fourth-order valence-electron chi connectivity index (χ4n) is 1.40. The van der Waals surface area contributed by atoms with Gasteiger partial charge in [0.05, 0.1) is 12.4 Å². The molecule has 0 atom stereocenters. The monoisotopic (exact) mass is 239 g/mol. The highest BCUT2D eigenvalue weighted by Crippen LogP contribution is 2.17. The standard InChI is InChI=1S/C12H21N3S/c1-3-4-5-6-7-8-16-12-10-14-11(13-2)9-15-12/h9-10H,3-8H2,1-2H3,(H,13,14). The van der Waals surface area contributed by atoms with Gasteiger partial charge in [-0.05, 0) is 12.2 Å². The maximum atomic E-state index is 4.32. The Morgan fingerprint density at radius 2 is 1.94 bits per heavy atom. The zero-order chi connectivity index (χ0) is 11.6. The van der Waals surface area contributed by atoms with E-state index in [1.807, 2.05) is 13.2 Å². The minimum atomic E-state index is 0.826. The van der Waals surface area contributed by atoms with Crippen molar-refractivity contribution in [2.24, 2.45) is 0 Å². The van der Waals surface area contributed by atoms with Gasteiger partial charge in [0.25, 0.3) is 0 Å². The molecule has 0 radical (unpaired) electrons. The van der Waals surface area contributed by atoms with Gasteiger partial charge in [0.1, 0.15) is 10.8 Å². The fourth-order valence-corrected chi connectivity index (χ4v) is 2.21. The second kappa shape index (κ2) is 8.39. The lowest BCUT2D eigenvalue weighted by Gasteiger charge is -2.02. The Morgan fingerprint density at radius 1 is 1.12 bits per heavy atom. The minimum absolute atomic E-state index is 0.826. The van der Waals surface area contributed by atoms with Gasteiger partial charge in [-0.2, -0.15) is 0 Å². The molecular weight excluding hydrogens is 218 g/mol. The smallest absolute Gasteiger partial charge is 0.144 e. The molecule has 0 aliphatic rings. The van der Waals surface area contributed by atoms with Gasteiger partial charge in [-0.3, -0.25) is 0 Å². The molecule has 1 aromatic heterocycles. The summed E-state index contributed by atoms with van der Waals surface area (Å²) in [5.74, 6) is 1.98. The van der Waals surface area contributed by atoms with E-state index >= 15 is 0 Å². The first-order valence-corrected chi connectivity index (χ1v) is 6.98. The van der Waals surface area contributed by atoms with Crippen LogP contribution < -0.4 is 5.32 Å². The molecule has 1 heterocycles. The maximum Gasteiger partial charge on any atom is 0.144 e. The van der Waals surface area contributed by atoms with Crippen LogP contribution in [-0.4, -0.2) is 22.8 Å². The van der Waals surface area contributed by atoms with Gasteiger partial charge in [-0.1, -0.05) is 32.6 Å². The van der Waals surface area contributed by atoms with E-state index in [4.69, 9.17) is 0 Å². The molecule has 0 aliphatic carbocycles. The van der Waals surface area contributed by atoms with Gasteiger partial charge in [0, 0.05) is 7.05 Å². The summed E-state index contributed by atoms with van der Waals surface area (Å²) in [6.07, 6.45) is 10.3. The zero-order valence-corrected chi connectivity index (χ0v) is 11.0. The van der Waals surface area contributed by atoms with Crippen molar-refractivity contribution in [2.75, 3.05) is 18.1 Å². The molecule has 0 fully saturated rings. The summed E-state index contributed by atoms with van der Waals surface area (Å²) in [7, 11) is 1.85. The van der Waals surface area contributed by atoms with E-state index in [9.17, 15) is 0 Å². The molecule has 16 heavy (non-hydrogen) atoms. The molecule has 1 N–H and O–H groups in total. The molecule has 0 saturated carbocycles. The van der Waals surface area contributed by atoms with Crippen molar-refractivity contribution in [2.45, 2.75) is 44.1 Å². The number of nitrogens with zero attached hydrogens (tertiary/aromatic N) is 2. The lowest BCUT2D eigenvalue weighted by atomic mass is 10.2. The van der Waals surface area contributed by atoms with Crippen LogP contribution in [0.25, 0.3) is 0 Å². The van der Waals surface area contributed by atoms with Crippen LogP contribution in [0, 0.1) is 0 Å². The van der Waals surface area contributed by atoms with E-state index in [1.54, 1.807) is 18.0 Å². The van der Waals surface area contributed by atoms with Crippen molar-refractivity contribution >= 4 is 17.6 Å². The second-order valence-electron chi connectivity index (χ2n) is 3.75. The van der Waals surface area contributed by atoms with Crippen LogP contribution in [0.4, 0.5) is 5.82 Å². The molecule has 0 spiro atoms. The fraction of sp³-hybridized carbons (Fsp3) is 0.667. The van der Waals surface area contributed by atoms with Crippen LogP contribution in [0.2, 0.25) is 0 Å². The Bertz CT molecular complexity index is 274. The summed E-state index contributed by atoms with van der Waals surface area (Å²) in [5.41, 5.74) is 0. The Kier molecular flexibility index (Phi) is 6.97. The molecule has 90 valence electrons. The van der Waals surface area contributed by atoms with Gasteiger partial charge in [0.15, 0.2) is 0 Å². The third-order valence-electron chi connectivity index (χ3n) is 2.38. The Labute approximate surface area is 102 Å². The summed E-state index contributed by atoms with van der Waals surface area (Å²) in [6.45, 7) is 2.24. The molecule has 0 unspecified atom stereocenters. The van der Waals surface area contributed by atoms with Crippen LogP contribution in [0.3, 0.4) is 0 Å². The first-order chi connectivity index (χ1) is 7.86. The molecular formula is C12H21N3S. The highest BCUT2D eigenvalue weighted by molar-refractivity contribution is 7.99. The quantitative estimate of drug-likeness (QED) is 0.556. The zero-order valence-electron chi connectivity index (χ0n) is 10.2. The van der Waals surface area contributed by atoms with Crippen molar-refractivity contribution < 1.29 is 0 Å². The summed E-state index contributed by atoms with van der Waals surface area (Å²) in [6, 6.07) is 0. The van der Waals surface area contributed by atoms with Crippen molar-refractivity contribution in [1.82, 2.24) is 9.97 Å². The van der Waals surface area contributed by atoms with E-state index < -0.39 is 0 Å². The molecule has 4 heteroatoms. The maximum absolute atomic E-state index is 4.32. The number of anilines is 1. The van der Waals surface area contributed by atoms with Crippen LogP contribution in [0.15, 0.2) is 17.4 Å². The largest absolute Gasteiger partial charge is 0.372 e. The van der Waals surface area contributed by atoms with Crippen molar-refractivity contribution in [3.8, 4) is 0 Å². The Balaban J connectivity index is 2.12. The van der Waals surface area contributed by atoms with Gasteiger partial charge < -0.3 is 5.32 Å². The molecule has 0 aromatic carbocycles. The highest BCUT2D eigenvalue weighted by atomic mass is 32.2. The molecule has 0 amide bonds. The topological polar surface area (TPSA) is 37.8 Å². The SMILES string of the molecule is CCCCCCCSc1cnc(NC)cn1. The predicted molar refractivity (Wildman–Crippen MR) is 71.1 cm³/mol. The van der Waals surface area contributed by atoms with Crippen molar-refractivity contribution in [3.05, 3.63) is 12.4 Å². The Morgan fingerprint density at radius 3 is 2.56 bits per heavy atom. The molecule has 0 aliphatic heterocycles. The first-order valence-electron chi connectivity index (χ1n) is 5.99. The van der Waals surface area contributed by atoms with Gasteiger partial charge >= 0.3 is 0 Å². The van der Waals surface area contributed by atoms with E-state index in [0.717, 1.165) is 16.6 Å². The molecule has 0 saturated heterocycles. The summed E-state index contributed by atoms with van der Waals surface area (Å²) >= 11 is 1.80. The third-order valence-corrected chi connectivity index (χ3v) is 3.38. The normalized spacial score (nSPS) is 10.4. The lowest BCUT2D eigenvalue weighted by molar-refractivity contribution is 0.659. The summed E-state index contributed by atoms with van der Waals surface area (Å²) in [5, 5.41) is 3.98. The van der Waals surface area contributed by atoms with E-state index in [1.165, 1.54) is 32.1 Å². The van der Waals surface area contributed by atoms with Crippen LogP contribution in [0.1, 0.15) is 39.0 Å². The average Bonchev–Trinajstić information content (AvgIpc) is 2.34. The van der Waals surface area contributed by atoms with Crippen molar-refractivity contribution in [1.29, 1.82) is 0 Å².